The molecule has 0 fully saturated rings. The molecule has 0 radical (unpaired) electrons. The highest BCUT2D eigenvalue weighted by atomic mass is 79.9. The molecule has 0 spiro atoms. The number of nitrogens with one attached hydrogen (secondary N) is 1. The Bertz CT molecular complexity index is 542. The van der Waals surface area contributed by atoms with Crippen molar-refractivity contribution in [1.82, 2.24) is 10.3 Å². The van der Waals surface area contributed by atoms with Gasteiger partial charge in [0, 0.05) is 23.2 Å². The van der Waals surface area contributed by atoms with Crippen LogP contribution in [0, 0.1) is 11.6 Å². The Balaban J connectivity index is 2.42. The molecule has 0 saturated heterocycles. The maximum Gasteiger partial charge on any atom is 0.173 e. The molecule has 0 bridgehead atoms. The third kappa shape index (κ3) is 2.53. The van der Waals surface area contributed by atoms with E-state index in [1.54, 1.807) is 6.20 Å². The predicted octanol–water partition coefficient (Wildman–Crippen LogP) is 3.57. The summed E-state index contributed by atoms with van der Waals surface area (Å²) in [5.41, 5.74) is 0.566. The third-order valence-electron chi connectivity index (χ3n) is 2.17. The monoisotopic (exact) mass is 318 g/mol. The third-order valence-corrected chi connectivity index (χ3v) is 3.98. The molecular formula is C11H9BrF2N2S. The molecule has 6 heteroatoms. The lowest BCUT2D eigenvalue weighted by molar-refractivity contribution is 0.505. The van der Waals surface area contributed by atoms with Crippen molar-refractivity contribution in [3.05, 3.63) is 39.3 Å². The normalized spacial score (nSPS) is 10.8. The van der Waals surface area contributed by atoms with Gasteiger partial charge in [-0.3, -0.25) is 0 Å². The van der Waals surface area contributed by atoms with E-state index in [-0.39, 0.29) is 4.47 Å². The first-order valence-corrected chi connectivity index (χ1v) is 6.47. The van der Waals surface area contributed by atoms with Crippen LogP contribution in [0.5, 0.6) is 0 Å². The quantitative estimate of drug-likeness (QED) is 0.875. The fourth-order valence-corrected chi connectivity index (χ4v) is 2.98. The van der Waals surface area contributed by atoms with Crippen LogP contribution in [-0.2, 0) is 6.54 Å². The van der Waals surface area contributed by atoms with Gasteiger partial charge in [-0.1, -0.05) is 0 Å². The van der Waals surface area contributed by atoms with Crippen LogP contribution in [0.4, 0.5) is 8.78 Å². The molecular weight excluding hydrogens is 310 g/mol. The van der Waals surface area contributed by atoms with Crippen molar-refractivity contribution in [2.45, 2.75) is 6.54 Å². The molecule has 0 aliphatic heterocycles. The number of rotatable bonds is 3. The second-order valence-corrected chi connectivity index (χ2v) is 5.29. The second-order valence-electron chi connectivity index (χ2n) is 3.38. The first-order chi connectivity index (χ1) is 8.13. The first kappa shape index (κ1) is 12.6. The summed E-state index contributed by atoms with van der Waals surface area (Å²) in [6.45, 7) is 0.707. The molecule has 0 aliphatic carbocycles. The summed E-state index contributed by atoms with van der Waals surface area (Å²) in [5, 5.41) is 3.68. The minimum atomic E-state index is -0.882. The number of benzene rings is 1. The van der Waals surface area contributed by atoms with E-state index in [1.165, 1.54) is 17.4 Å². The Morgan fingerprint density at radius 3 is 2.88 bits per heavy atom. The highest BCUT2D eigenvalue weighted by Crippen LogP contribution is 2.33. The van der Waals surface area contributed by atoms with Gasteiger partial charge in [-0.2, -0.15) is 0 Å². The maximum absolute atomic E-state index is 13.4. The molecule has 2 nitrogen and oxygen atoms in total. The molecule has 1 heterocycles. The first-order valence-electron chi connectivity index (χ1n) is 4.86. The van der Waals surface area contributed by atoms with E-state index >= 15 is 0 Å². The summed E-state index contributed by atoms with van der Waals surface area (Å²) in [6.07, 6.45) is 1.73. The largest absolute Gasteiger partial charge is 0.315 e. The smallest absolute Gasteiger partial charge is 0.173 e. The number of thiazole rings is 1. The van der Waals surface area contributed by atoms with Gasteiger partial charge in [-0.05, 0) is 35.1 Å². The van der Waals surface area contributed by atoms with Crippen LogP contribution >= 0.6 is 27.3 Å². The van der Waals surface area contributed by atoms with Crippen molar-refractivity contribution in [2.75, 3.05) is 7.05 Å². The fraction of sp³-hybridized carbons (Fsp3) is 0.182. The molecule has 0 saturated carbocycles. The molecule has 0 atom stereocenters. The van der Waals surface area contributed by atoms with Crippen LogP contribution in [0.1, 0.15) is 4.88 Å². The van der Waals surface area contributed by atoms with E-state index in [0.717, 1.165) is 10.9 Å². The van der Waals surface area contributed by atoms with Crippen molar-refractivity contribution >= 4 is 27.3 Å². The number of nitrogens with zero attached hydrogens (tertiary/aromatic N) is 1. The Kier molecular flexibility index (Phi) is 3.86. The van der Waals surface area contributed by atoms with Crippen molar-refractivity contribution < 1.29 is 8.78 Å². The van der Waals surface area contributed by atoms with Crippen LogP contribution in [0.2, 0.25) is 0 Å². The lowest BCUT2D eigenvalue weighted by Gasteiger charge is -2.02. The summed E-state index contributed by atoms with van der Waals surface area (Å²) in [5.74, 6) is -1.75. The fourth-order valence-electron chi connectivity index (χ4n) is 1.38. The zero-order valence-electron chi connectivity index (χ0n) is 8.93. The van der Waals surface area contributed by atoms with Gasteiger partial charge >= 0.3 is 0 Å². The van der Waals surface area contributed by atoms with Crippen LogP contribution in [0.3, 0.4) is 0 Å². The van der Waals surface area contributed by atoms with Gasteiger partial charge in [0.2, 0.25) is 0 Å². The molecule has 0 amide bonds. The lowest BCUT2D eigenvalue weighted by atomic mass is 10.2. The second kappa shape index (κ2) is 5.20. The number of hydrogen-bond acceptors (Lipinski definition) is 3. The average molecular weight is 319 g/mol. The molecule has 2 rings (SSSR count). The minimum Gasteiger partial charge on any atom is -0.315 e. The molecule has 1 aromatic carbocycles. The van der Waals surface area contributed by atoms with Gasteiger partial charge in [0.25, 0.3) is 0 Å². The highest BCUT2D eigenvalue weighted by molar-refractivity contribution is 9.10. The van der Waals surface area contributed by atoms with Crippen molar-refractivity contribution in [1.29, 1.82) is 0 Å². The molecule has 1 aromatic heterocycles. The van der Waals surface area contributed by atoms with E-state index in [4.69, 9.17) is 0 Å². The van der Waals surface area contributed by atoms with E-state index in [2.05, 4.69) is 26.2 Å². The Morgan fingerprint density at radius 2 is 2.18 bits per heavy atom. The van der Waals surface area contributed by atoms with Gasteiger partial charge in [-0.25, -0.2) is 13.8 Å². The standard InChI is InChI=1S/C11H9BrF2N2S/c1-15-4-6-5-16-11(17-6)7-2-3-8(13)10(14)9(7)12/h2-3,5,15H,4H2,1H3. The highest BCUT2D eigenvalue weighted by Gasteiger charge is 2.14. The number of aromatic nitrogens is 1. The number of halogens is 3. The van der Waals surface area contributed by atoms with Gasteiger partial charge in [0.15, 0.2) is 11.6 Å². The lowest BCUT2D eigenvalue weighted by Crippen LogP contribution is -2.02. The summed E-state index contributed by atoms with van der Waals surface area (Å²) < 4.78 is 26.5. The average Bonchev–Trinajstić information content (AvgIpc) is 2.75. The van der Waals surface area contributed by atoms with E-state index < -0.39 is 11.6 Å². The van der Waals surface area contributed by atoms with E-state index in [0.29, 0.717) is 17.1 Å². The topological polar surface area (TPSA) is 24.9 Å². The molecule has 0 unspecified atom stereocenters. The Morgan fingerprint density at radius 1 is 1.41 bits per heavy atom. The van der Waals surface area contributed by atoms with Crippen molar-refractivity contribution in [2.24, 2.45) is 0 Å². The summed E-state index contributed by atoms with van der Waals surface area (Å²) >= 11 is 4.50. The Labute approximate surface area is 110 Å². The molecule has 2 aromatic rings. The van der Waals surface area contributed by atoms with E-state index in [9.17, 15) is 8.78 Å². The van der Waals surface area contributed by atoms with Crippen molar-refractivity contribution in [3.8, 4) is 10.6 Å². The minimum absolute atomic E-state index is 0.114. The van der Waals surface area contributed by atoms with Gasteiger partial charge in [-0.15, -0.1) is 11.3 Å². The van der Waals surface area contributed by atoms with Crippen LogP contribution < -0.4 is 5.32 Å². The van der Waals surface area contributed by atoms with Gasteiger partial charge in [0.1, 0.15) is 5.01 Å². The van der Waals surface area contributed by atoms with Crippen LogP contribution in [-0.4, -0.2) is 12.0 Å². The summed E-state index contributed by atoms with van der Waals surface area (Å²) in [6, 6.07) is 2.62. The number of hydrogen-bond donors (Lipinski definition) is 1. The summed E-state index contributed by atoms with van der Waals surface area (Å²) in [4.78, 5) is 5.24. The zero-order chi connectivity index (χ0) is 12.4. The van der Waals surface area contributed by atoms with Crippen LogP contribution in [0.25, 0.3) is 10.6 Å². The summed E-state index contributed by atoms with van der Waals surface area (Å²) in [7, 11) is 1.84. The van der Waals surface area contributed by atoms with Crippen LogP contribution in [0.15, 0.2) is 22.8 Å². The molecule has 1 N–H and O–H groups in total. The van der Waals surface area contributed by atoms with Gasteiger partial charge in [0.05, 0.1) is 4.47 Å². The molecule has 90 valence electrons. The zero-order valence-corrected chi connectivity index (χ0v) is 11.3. The molecule has 17 heavy (non-hydrogen) atoms. The van der Waals surface area contributed by atoms with E-state index in [1.807, 2.05) is 7.05 Å². The Hall–Kier alpha value is -0.850. The maximum atomic E-state index is 13.4. The van der Waals surface area contributed by atoms with Gasteiger partial charge < -0.3 is 5.32 Å². The predicted molar refractivity (Wildman–Crippen MR) is 67.9 cm³/mol. The molecule has 0 aliphatic rings. The SMILES string of the molecule is CNCc1cnc(-c2ccc(F)c(F)c2Br)s1. The van der Waals surface area contributed by atoms with Crippen molar-refractivity contribution in [3.63, 3.8) is 0 Å².